The van der Waals surface area contributed by atoms with Crippen molar-refractivity contribution in [3.05, 3.63) is 52.7 Å². The van der Waals surface area contributed by atoms with Gasteiger partial charge in [0.1, 0.15) is 11.5 Å². The summed E-state index contributed by atoms with van der Waals surface area (Å²) in [6, 6.07) is 10.0. The smallest absolute Gasteiger partial charge is 0.355 e. The fourth-order valence-corrected chi connectivity index (χ4v) is 2.70. The highest BCUT2D eigenvalue weighted by atomic mass is 16.5. The van der Waals surface area contributed by atoms with Crippen LogP contribution in [0.4, 0.5) is 5.82 Å². The SMILES string of the molecule is CCOC(=O)c1c(C=O)c(C)c(/N=C(\C)Cc2ccccc2)n1C. The van der Waals surface area contributed by atoms with Gasteiger partial charge in [-0.25, -0.2) is 9.79 Å². The number of esters is 1. The van der Waals surface area contributed by atoms with Crippen molar-refractivity contribution in [2.75, 3.05) is 6.61 Å². The minimum atomic E-state index is -0.507. The minimum absolute atomic E-state index is 0.246. The van der Waals surface area contributed by atoms with Crippen LogP contribution in [0.25, 0.3) is 0 Å². The molecule has 0 amide bonds. The largest absolute Gasteiger partial charge is 0.461 e. The quantitative estimate of drug-likeness (QED) is 0.462. The Morgan fingerprint density at radius 2 is 1.96 bits per heavy atom. The summed E-state index contributed by atoms with van der Waals surface area (Å²) in [5.41, 5.74) is 3.32. The molecule has 5 heteroatoms. The second-order valence-corrected chi connectivity index (χ2v) is 5.62. The average molecular weight is 326 g/mol. The van der Waals surface area contributed by atoms with E-state index in [-0.39, 0.29) is 12.3 Å². The highest BCUT2D eigenvalue weighted by molar-refractivity contribution is 6.00. The predicted molar refractivity (Wildman–Crippen MR) is 94.4 cm³/mol. The zero-order valence-electron chi connectivity index (χ0n) is 14.5. The zero-order valence-corrected chi connectivity index (χ0v) is 14.5. The number of hydrogen-bond acceptors (Lipinski definition) is 4. The molecule has 0 unspecified atom stereocenters. The van der Waals surface area contributed by atoms with Gasteiger partial charge < -0.3 is 9.30 Å². The Kier molecular flexibility index (Phi) is 5.68. The predicted octanol–water partition coefficient (Wildman–Crippen LogP) is 3.66. The van der Waals surface area contributed by atoms with Gasteiger partial charge in [-0.3, -0.25) is 4.79 Å². The van der Waals surface area contributed by atoms with Crippen LogP contribution in [0.3, 0.4) is 0 Å². The van der Waals surface area contributed by atoms with Crippen LogP contribution in [0.5, 0.6) is 0 Å². The van der Waals surface area contributed by atoms with Crippen molar-refractivity contribution in [3.63, 3.8) is 0 Å². The van der Waals surface area contributed by atoms with Gasteiger partial charge in [-0.2, -0.15) is 0 Å². The van der Waals surface area contributed by atoms with Gasteiger partial charge in [-0.15, -0.1) is 0 Å². The Labute approximate surface area is 142 Å². The monoisotopic (exact) mass is 326 g/mol. The number of hydrogen-bond donors (Lipinski definition) is 0. The van der Waals surface area contributed by atoms with E-state index in [1.807, 2.05) is 37.3 Å². The van der Waals surface area contributed by atoms with E-state index in [0.29, 0.717) is 29.7 Å². The lowest BCUT2D eigenvalue weighted by Crippen LogP contribution is -2.12. The standard InChI is InChI=1S/C19H22N2O3/c1-5-24-19(23)17-16(12-22)14(3)18(21(17)4)20-13(2)11-15-9-7-6-8-10-15/h6-10,12H,5,11H2,1-4H3/b20-13+. The van der Waals surface area contributed by atoms with Crippen molar-refractivity contribution in [2.24, 2.45) is 12.0 Å². The van der Waals surface area contributed by atoms with E-state index in [1.54, 1.807) is 25.5 Å². The van der Waals surface area contributed by atoms with E-state index >= 15 is 0 Å². The molecule has 0 aliphatic carbocycles. The van der Waals surface area contributed by atoms with Gasteiger partial charge in [0.25, 0.3) is 0 Å². The molecule has 126 valence electrons. The van der Waals surface area contributed by atoms with Crippen LogP contribution in [-0.2, 0) is 18.2 Å². The highest BCUT2D eigenvalue weighted by Gasteiger charge is 2.23. The normalized spacial score (nSPS) is 11.4. The van der Waals surface area contributed by atoms with E-state index in [4.69, 9.17) is 4.74 Å². The number of carbonyl (C=O) groups excluding carboxylic acids is 2. The molecule has 0 N–H and O–H groups in total. The Hall–Kier alpha value is -2.69. The minimum Gasteiger partial charge on any atom is -0.461 e. The molecule has 5 nitrogen and oxygen atoms in total. The number of nitrogens with zero attached hydrogens (tertiary/aromatic N) is 2. The van der Waals surface area contributed by atoms with E-state index in [2.05, 4.69) is 4.99 Å². The van der Waals surface area contributed by atoms with Crippen LogP contribution in [0, 0.1) is 6.92 Å². The van der Waals surface area contributed by atoms with Crippen LogP contribution < -0.4 is 0 Å². The van der Waals surface area contributed by atoms with Crippen molar-refractivity contribution >= 4 is 23.8 Å². The lowest BCUT2D eigenvalue weighted by molar-refractivity contribution is 0.0513. The molecule has 0 spiro atoms. The molecule has 1 aromatic carbocycles. The maximum atomic E-state index is 12.1. The van der Waals surface area contributed by atoms with Gasteiger partial charge in [0.2, 0.25) is 0 Å². The van der Waals surface area contributed by atoms with Crippen LogP contribution in [-0.4, -0.2) is 29.1 Å². The van der Waals surface area contributed by atoms with Crippen LogP contribution >= 0.6 is 0 Å². The summed E-state index contributed by atoms with van der Waals surface area (Å²) in [4.78, 5) is 28.2. The molecule has 1 heterocycles. The fraction of sp³-hybridized carbons (Fsp3) is 0.316. The third-order valence-corrected chi connectivity index (χ3v) is 3.83. The van der Waals surface area contributed by atoms with E-state index in [1.165, 1.54) is 0 Å². The van der Waals surface area contributed by atoms with E-state index < -0.39 is 5.97 Å². The number of aromatic nitrogens is 1. The van der Waals surface area contributed by atoms with Crippen LogP contribution in [0.15, 0.2) is 35.3 Å². The van der Waals surface area contributed by atoms with E-state index in [0.717, 1.165) is 11.3 Å². The first-order chi connectivity index (χ1) is 11.5. The molecule has 1 aromatic heterocycles. The van der Waals surface area contributed by atoms with Gasteiger partial charge in [0, 0.05) is 24.7 Å². The first-order valence-electron chi connectivity index (χ1n) is 7.89. The lowest BCUT2D eigenvalue weighted by Gasteiger charge is -2.06. The molecular weight excluding hydrogens is 304 g/mol. The number of aliphatic imine (C=N–C) groups is 1. The summed E-state index contributed by atoms with van der Waals surface area (Å²) in [6.07, 6.45) is 1.39. The molecule has 0 aliphatic rings. The maximum absolute atomic E-state index is 12.1. The average Bonchev–Trinajstić information content (AvgIpc) is 2.80. The summed E-state index contributed by atoms with van der Waals surface area (Å²) in [5.74, 6) is 0.0981. The third kappa shape index (κ3) is 3.62. The molecule has 0 atom stereocenters. The molecule has 0 bridgehead atoms. The van der Waals surface area contributed by atoms with Crippen molar-refractivity contribution in [3.8, 4) is 0 Å². The second kappa shape index (κ2) is 7.73. The number of rotatable bonds is 6. The van der Waals surface area contributed by atoms with Crippen LogP contribution in [0.1, 0.15) is 45.8 Å². The summed E-state index contributed by atoms with van der Waals surface area (Å²) in [5, 5.41) is 0. The maximum Gasteiger partial charge on any atom is 0.355 e. The number of carbonyl (C=O) groups is 2. The number of benzene rings is 1. The third-order valence-electron chi connectivity index (χ3n) is 3.83. The van der Waals surface area contributed by atoms with Crippen LogP contribution in [0.2, 0.25) is 0 Å². The molecule has 0 radical (unpaired) electrons. The summed E-state index contributed by atoms with van der Waals surface area (Å²) < 4.78 is 6.68. The van der Waals surface area contributed by atoms with Crippen molar-refractivity contribution in [2.45, 2.75) is 27.2 Å². The molecule has 0 fully saturated rings. The van der Waals surface area contributed by atoms with Gasteiger partial charge in [0.05, 0.1) is 12.2 Å². The molecule has 24 heavy (non-hydrogen) atoms. The topological polar surface area (TPSA) is 60.7 Å². The van der Waals surface area contributed by atoms with E-state index in [9.17, 15) is 9.59 Å². The Bertz CT molecular complexity index is 774. The van der Waals surface area contributed by atoms with Gasteiger partial charge >= 0.3 is 5.97 Å². The highest BCUT2D eigenvalue weighted by Crippen LogP contribution is 2.28. The molecule has 2 aromatic rings. The first kappa shape index (κ1) is 17.7. The van der Waals surface area contributed by atoms with Crippen molar-refractivity contribution in [1.29, 1.82) is 0 Å². The Morgan fingerprint density at radius 1 is 1.29 bits per heavy atom. The Morgan fingerprint density at radius 3 is 2.54 bits per heavy atom. The summed E-state index contributed by atoms with van der Waals surface area (Å²) in [7, 11) is 1.72. The van der Waals surface area contributed by atoms with Crippen molar-refractivity contribution in [1.82, 2.24) is 4.57 Å². The van der Waals surface area contributed by atoms with Gasteiger partial charge in [-0.1, -0.05) is 30.3 Å². The number of aldehydes is 1. The molecule has 0 saturated carbocycles. The zero-order chi connectivity index (χ0) is 17.7. The number of ether oxygens (including phenoxy) is 1. The summed E-state index contributed by atoms with van der Waals surface area (Å²) >= 11 is 0. The van der Waals surface area contributed by atoms with Gasteiger partial charge in [0.15, 0.2) is 6.29 Å². The first-order valence-corrected chi connectivity index (χ1v) is 7.89. The second-order valence-electron chi connectivity index (χ2n) is 5.62. The molecule has 0 saturated heterocycles. The lowest BCUT2D eigenvalue weighted by atomic mass is 10.1. The molecular formula is C19H22N2O3. The molecule has 0 aliphatic heterocycles. The fourth-order valence-electron chi connectivity index (χ4n) is 2.70. The Balaban J connectivity index is 2.41. The van der Waals surface area contributed by atoms with Crippen molar-refractivity contribution < 1.29 is 14.3 Å². The van der Waals surface area contributed by atoms with Gasteiger partial charge in [-0.05, 0) is 26.3 Å². The summed E-state index contributed by atoms with van der Waals surface area (Å²) in [6.45, 7) is 5.72. The molecule has 2 rings (SSSR count).